The number of amides is 1. The Morgan fingerprint density at radius 3 is 2.45 bits per heavy atom. The van der Waals surface area contributed by atoms with Crippen molar-refractivity contribution in [3.05, 3.63) is 52.0 Å². The minimum atomic E-state index is -0.115. The molecule has 0 aliphatic rings. The Morgan fingerprint density at radius 2 is 1.86 bits per heavy atom. The van der Waals surface area contributed by atoms with E-state index in [9.17, 15) is 4.79 Å². The van der Waals surface area contributed by atoms with Crippen molar-refractivity contribution in [2.45, 2.75) is 34.6 Å². The summed E-state index contributed by atoms with van der Waals surface area (Å²) in [5.41, 5.74) is 3.83. The van der Waals surface area contributed by atoms with E-state index in [2.05, 4.69) is 18.3 Å². The highest BCUT2D eigenvalue weighted by molar-refractivity contribution is 5.96. The molecule has 118 valence electrons. The second kappa shape index (κ2) is 6.69. The SMILES string of the molecule is Cc1ccc(OCCNC(=O)c2c(C)oc(C)c2C)c(C)c1. The molecule has 0 saturated carbocycles. The Balaban J connectivity index is 1.87. The van der Waals surface area contributed by atoms with Crippen LogP contribution in [0.25, 0.3) is 0 Å². The van der Waals surface area contributed by atoms with E-state index < -0.39 is 0 Å². The molecule has 0 unspecified atom stereocenters. The molecule has 1 amide bonds. The lowest BCUT2D eigenvalue weighted by atomic mass is 10.1. The van der Waals surface area contributed by atoms with E-state index in [1.54, 1.807) is 6.92 Å². The molecule has 0 saturated heterocycles. The molecule has 0 radical (unpaired) electrons. The Labute approximate surface area is 131 Å². The number of nitrogens with one attached hydrogen (secondary N) is 1. The van der Waals surface area contributed by atoms with Gasteiger partial charge in [0.05, 0.1) is 12.1 Å². The predicted molar refractivity (Wildman–Crippen MR) is 86.7 cm³/mol. The number of hydrogen-bond donors (Lipinski definition) is 1. The number of benzene rings is 1. The van der Waals surface area contributed by atoms with Gasteiger partial charge in [-0.05, 0) is 46.2 Å². The quantitative estimate of drug-likeness (QED) is 0.858. The second-order valence-corrected chi connectivity index (χ2v) is 5.59. The van der Waals surface area contributed by atoms with E-state index in [4.69, 9.17) is 9.15 Å². The zero-order valence-electron chi connectivity index (χ0n) is 13.9. The van der Waals surface area contributed by atoms with Crippen LogP contribution in [0.5, 0.6) is 5.75 Å². The summed E-state index contributed by atoms with van der Waals surface area (Å²) in [6.07, 6.45) is 0. The first-order chi connectivity index (χ1) is 10.4. The van der Waals surface area contributed by atoms with Crippen LogP contribution in [0.15, 0.2) is 22.6 Å². The molecule has 22 heavy (non-hydrogen) atoms. The van der Waals surface area contributed by atoms with Gasteiger partial charge in [0, 0.05) is 5.56 Å². The van der Waals surface area contributed by atoms with Crippen molar-refractivity contribution in [1.29, 1.82) is 0 Å². The van der Waals surface area contributed by atoms with Crippen LogP contribution < -0.4 is 10.1 Å². The van der Waals surface area contributed by atoms with Crippen molar-refractivity contribution in [2.75, 3.05) is 13.2 Å². The van der Waals surface area contributed by atoms with Gasteiger partial charge in [0.2, 0.25) is 0 Å². The van der Waals surface area contributed by atoms with Crippen molar-refractivity contribution in [2.24, 2.45) is 0 Å². The maximum Gasteiger partial charge on any atom is 0.255 e. The van der Waals surface area contributed by atoms with Gasteiger partial charge >= 0.3 is 0 Å². The molecule has 1 heterocycles. The summed E-state index contributed by atoms with van der Waals surface area (Å²) >= 11 is 0. The zero-order valence-corrected chi connectivity index (χ0v) is 13.9. The van der Waals surface area contributed by atoms with Gasteiger partial charge in [0.15, 0.2) is 0 Å². The topological polar surface area (TPSA) is 51.5 Å². The van der Waals surface area contributed by atoms with Crippen LogP contribution in [0.3, 0.4) is 0 Å². The predicted octanol–water partition coefficient (Wildman–Crippen LogP) is 3.63. The van der Waals surface area contributed by atoms with E-state index in [0.717, 1.165) is 22.6 Å². The molecular weight excluding hydrogens is 278 g/mol. The van der Waals surface area contributed by atoms with Crippen LogP contribution in [0.2, 0.25) is 0 Å². The molecule has 0 fully saturated rings. The third-order valence-corrected chi connectivity index (χ3v) is 3.76. The van der Waals surface area contributed by atoms with E-state index in [0.29, 0.717) is 24.5 Å². The first-order valence-corrected chi connectivity index (χ1v) is 7.45. The van der Waals surface area contributed by atoms with Gasteiger partial charge in [-0.2, -0.15) is 0 Å². The molecule has 1 N–H and O–H groups in total. The Bertz CT molecular complexity index is 686. The van der Waals surface area contributed by atoms with E-state index in [1.165, 1.54) is 5.56 Å². The highest BCUT2D eigenvalue weighted by atomic mass is 16.5. The monoisotopic (exact) mass is 301 g/mol. The maximum absolute atomic E-state index is 12.2. The third kappa shape index (κ3) is 3.50. The first-order valence-electron chi connectivity index (χ1n) is 7.45. The lowest BCUT2D eigenvalue weighted by Crippen LogP contribution is -2.28. The number of ether oxygens (including phenoxy) is 1. The molecule has 0 aliphatic heterocycles. The lowest BCUT2D eigenvalue weighted by molar-refractivity contribution is 0.0945. The number of carbonyl (C=O) groups is 1. The van der Waals surface area contributed by atoms with Crippen molar-refractivity contribution in [3.63, 3.8) is 0 Å². The third-order valence-electron chi connectivity index (χ3n) is 3.76. The summed E-state index contributed by atoms with van der Waals surface area (Å²) in [5.74, 6) is 2.18. The lowest BCUT2D eigenvalue weighted by Gasteiger charge is -2.10. The molecule has 4 heteroatoms. The maximum atomic E-state index is 12.2. The molecule has 1 aromatic heterocycles. The number of aryl methyl sites for hydroxylation is 4. The minimum absolute atomic E-state index is 0.115. The first kappa shape index (κ1) is 16.1. The Hall–Kier alpha value is -2.23. The van der Waals surface area contributed by atoms with Crippen molar-refractivity contribution in [1.82, 2.24) is 5.32 Å². The number of hydrogen-bond acceptors (Lipinski definition) is 3. The van der Waals surface area contributed by atoms with E-state index in [-0.39, 0.29) is 5.91 Å². The summed E-state index contributed by atoms with van der Waals surface area (Å²) in [6.45, 7) is 10.5. The van der Waals surface area contributed by atoms with Crippen LogP contribution >= 0.6 is 0 Å². The molecule has 0 atom stereocenters. The van der Waals surface area contributed by atoms with Crippen LogP contribution in [0.1, 0.15) is 38.6 Å². The van der Waals surface area contributed by atoms with Crippen molar-refractivity contribution < 1.29 is 13.9 Å². The molecule has 1 aromatic carbocycles. The largest absolute Gasteiger partial charge is 0.491 e. The fourth-order valence-corrected chi connectivity index (χ4v) is 2.50. The number of furan rings is 1. The van der Waals surface area contributed by atoms with Gasteiger partial charge in [-0.3, -0.25) is 4.79 Å². The second-order valence-electron chi connectivity index (χ2n) is 5.59. The average molecular weight is 301 g/mol. The van der Waals surface area contributed by atoms with Gasteiger partial charge in [0.25, 0.3) is 5.91 Å². The zero-order chi connectivity index (χ0) is 16.3. The van der Waals surface area contributed by atoms with Gasteiger partial charge in [0.1, 0.15) is 23.9 Å². The Morgan fingerprint density at radius 1 is 1.14 bits per heavy atom. The summed E-state index contributed by atoms with van der Waals surface area (Å²) < 4.78 is 11.2. The van der Waals surface area contributed by atoms with Crippen LogP contribution in [0, 0.1) is 34.6 Å². The van der Waals surface area contributed by atoms with Crippen LogP contribution in [-0.4, -0.2) is 19.1 Å². The number of carbonyl (C=O) groups excluding carboxylic acids is 1. The van der Waals surface area contributed by atoms with E-state index >= 15 is 0 Å². The molecule has 2 aromatic rings. The molecule has 4 nitrogen and oxygen atoms in total. The molecule has 0 bridgehead atoms. The van der Waals surface area contributed by atoms with Crippen LogP contribution in [-0.2, 0) is 0 Å². The standard InChI is InChI=1S/C18H23NO3/c1-11-6-7-16(12(2)10-11)21-9-8-19-18(20)17-13(3)14(4)22-15(17)5/h6-7,10H,8-9H2,1-5H3,(H,19,20). The van der Waals surface area contributed by atoms with Gasteiger partial charge < -0.3 is 14.5 Å². The van der Waals surface area contributed by atoms with Crippen LogP contribution in [0.4, 0.5) is 0 Å². The average Bonchev–Trinajstić information content (AvgIpc) is 2.70. The summed E-state index contributed by atoms with van der Waals surface area (Å²) in [4.78, 5) is 12.2. The van der Waals surface area contributed by atoms with Crippen molar-refractivity contribution >= 4 is 5.91 Å². The van der Waals surface area contributed by atoms with Gasteiger partial charge in [-0.25, -0.2) is 0 Å². The normalized spacial score (nSPS) is 10.6. The number of rotatable bonds is 5. The fourth-order valence-electron chi connectivity index (χ4n) is 2.50. The van der Waals surface area contributed by atoms with Crippen molar-refractivity contribution in [3.8, 4) is 5.75 Å². The summed E-state index contributed by atoms with van der Waals surface area (Å²) in [5, 5.41) is 2.87. The smallest absolute Gasteiger partial charge is 0.255 e. The molecular formula is C18H23NO3. The highest BCUT2D eigenvalue weighted by Crippen LogP contribution is 2.20. The summed E-state index contributed by atoms with van der Waals surface area (Å²) in [7, 11) is 0. The molecule has 0 spiro atoms. The molecule has 2 rings (SSSR count). The van der Waals surface area contributed by atoms with E-state index in [1.807, 2.05) is 32.9 Å². The van der Waals surface area contributed by atoms with Gasteiger partial charge in [-0.15, -0.1) is 0 Å². The molecule has 0 aliphatic carbocycles. The summed E-state index contributed by atoms with van der Waals surface area (Å²) in [6, 6.07) is 6.05. The van der Waals surface area contributed by atoms with Gasteiger partial charge in [-0.1, -0.05) is 17.7 Å². The minimum Gasteiger partial charge on any atom is -0.491 e. The Kier molecular flexibility index (Phi) is 4.91. The highest BCUT2D eigenvalue weighted by Gasteiger charge is 2.17. The fraction of sp³-hybridized carbons (Fsp3) is 0.389.